The highest BCUT2D eigenvalue weighted by molar-refractivity contribution is 7.51. The van der Waals surface area contributed by atoms with E-state index < -0.39 is 31.6 Å². The molecule has 0 aliphatic carbocycles. The maximum absolute atomic E-state index is 11.4. The molecule has 11 heteroatoms. The molecule has 0 fully saturated rings. The van der Waals surface area contributed by atoms with Gasteiger partial charge in [0.05, 0.1) is 18.7 Å². The number of hydrogen-bond donors (Lipinski definition) is 4. The van der Waals surface area contributed by atoms with Crippen LogP contribution in [0.25, 0.3) is 0 Å². The van der Waals surface area contributed by atoms with Crippen molar-refractivity contribution in [1.82, 2.24) is 25.4 Å². The Morgan fingerprint density at radius 3 is 2.58 bits per heavy atom. The van der Waals surface area contributed by atoms with Gasteiger partial charge in [0, 0.05) is 7.05 Å². The molecular weight excluding hydrogens is 277 g/mol. The molecule has 0 aliphatic rings. The van der Waals surface area contributed by atoms with Gasteiger partial charge < -0.3 is 20.4 Å². The zero-order chi connectivity index (χ0) is 14.5. The van der Waals surface area contributed by atoms with Crippen LogP contribution in [0.4, 0.5) is 0 Å². The van der Waals surface area contributed by atoms with Gasteiger partial charge in [-0.05, 0) is 0 Å². The summed E-state index contributed by atoms with van der Waals surface area (Å²) >= 11 is 0. The normalized spacial score (nSPS) is 12.8. The maximum atomic E-state index is 11.4. The topological polar surface area (TPSA) is 146 Å². The smallest absolute Gasteiger partial charge is 0.327 e. The van der Waals surface area contributed by atoms with Gasteiger partial charge in [-0.3, -0.25) is 18.8 Å². The Labute approximate surface area is 108 Å². The molecule has 4 N–H and O–H groups in total. The maximum Gasteiger partial charge on any atom is 0.327 e. The van der Waals surface area contributed by atoms with Gasteiger partial charge in [0.25, 0.3) is 0 Å². The van der Waals surface area contributed by atoms with E-state index >= 15 is 0 Å². The SMILES string of the molecule is CNC(=O)C(=O)NC(Cn1cncn1)CP(=O)(O)O. The quantitative estimate of drug-likeness (QED) is 0.352. The molecule has 10 nitrogen and oxygen atoms in total. The fourth-order valence-corrected chi connectivity index (χ4v) is 2.13. The molecule has 106 valence electrons. The number of carbonyl (C=O) groups is 2. The minimum absolute atomic E-state index is 0.00611. The number of nitrogens with one attached hydrogen (secondary N) is 2. The third-order valence-corrected chi connectivity index (χ3v) is 3.02. The van der Waals surface area contributed by atoms with Gasteiger partial charge in [-0.2, -0.15) is 5.10 Å². The second-order valence-electron chi connectivity index (χ2n) is 3.71. The van der Waals surface area contributed by atoms with Crippen LogP contribution in [-0.4, -0.2) is 55.6 Å². The van der Waals surface area contributed by atoms with E-state index in [9.17, 15) is 14.2 Å². The molecule has 0 spiro atoms. The Bertz CT molecular complexity index is 484. The lowest BCUT2D eigenvalue weighted by molar-refractivity contribution is -0.139. The lowest BCUT2D eigenvalue weighted by Gasteiger charge is -2.18. The van der Waals surface area contributed by atoms with Gasteiger partial charge in [-0.15, -0.1) is 0 Å². The zero-order valence-corrected chi connectivity index (χ0v) is 10.9. The molecule has 0 aromatic carbocycles. The number of carbonyl (C=O) groups excluding carboxylic acids is 2. The second kappa shape index (κ2) is 6.41. The summed E-state index contributed by atoms with van der Waals surface area (Å²) in [4.78, 5) is 44.0. The summed E-state index contributed by atoms with van der Waals surface area (Å²) in [6.07, 6.45) is 1.98. The van der Waals surface area contributed by atoms with Crippen molar-refractivity contribution in [2.75, 3.05) is 13.2 Å². The van der Waals surface area contributed by atoms with E-state index in [1.165, 1.54) is 24.4 Å². The zero-order valence-electron chi connectivity index (χ0n) is 10.1. The first kappa shape index (κ1) is 15.3. The van der Waals surface area contributed by atoms with Crippen LogP contribution in [-0.2, 0) is 20.7 Å². The Balaban J connectivity index is 2.72. The Hall–Kier alpha value is -1.77. The van der Waals surface area contributed by atoms with E-state index in [0.717, 1.165) is 0 Å². The molecule has 1 heterocycles. The molecule has 1 atom stereocenters. The highest BCUT2D eigenvalue weighted by Crippen LogP contribution is 2.35. The average Bonchev–Trinajstić information content (AvgIpc) is 2.78. The summed E-state index contributed by atoms with van der Waals surface area (Å²) < 4.78 is 12.3. The van der Waals surface area contributed by atoms with Crippen LogP contribution in [0.15, 0.2) is 12.7 Å². The molecule has 2 amide bonds. The van der Waals surface area contributed by atoms with Gasteiger partial charge in [-0.25, -0.2) is 4.98 Å². The molecule has 1 unspecified atom stereocenters. The van der Waals surface area contributed by atoms with Crippen LogP contribution >= 0.6 is 7.60 Å². The second-order valence-corrected chi connectivity index (χ2v) is 5.41. The van der Waals surface area contributed by atoms with Crippen LogP contribution in [0, 0.1) is 0 Å². The summed E-state index contributed by atoms with van der Waals surface area (Å²) in [5.74, 6) is -1.87. The summed E-state index contributed by atoms with van der Waals surface area (Å²) in [6.45, 7) is -0.00611. The van der Waals surface area contributed by atoms with E-state index in [4.69, 9.17) is 9.79 Å². The fraction of sp³-hybridized carbons (Fsp3) is 0.500. The first-order valence-corrected chi connectivity index (χ1v) is 7.01. The number of likely N-dealkylation sites (N-methyl/N-ethyl adjacent to an activating group) is 1. The lowest BCUT2D eigenvalue weighted by atomic mass is 10.3. The molecule has 1 aromatic heterocycles. The molecule has 0 aliphatic heterocycles. The van der Waals surface area contributed by atoms with E-state index in [0.29, 0.717) is 0 Å². The van der Waals surface area contributed by atoms with Crippen molar-refractivity contribution in [1.29, 1.82) is 0 Å². The van der Waals surface area contributed by atoms with Gasteiger partial charge in [-0.1, -0.05) is 0 Å². The standard InChI is InChI=1S/C8H14N5O5P/c1-9-7(14)8(15)12-6(3-19(16,17)18)2-13-5-10-4-11-13/h4-6H,2-3H2,1H3,(H,9,14)(H,12,15)(H2,16,17,18). The summed E-state index contributed by atoms with van der Waals surface area (Å²) in [6, 6.07) is -0.938. The van der Waals surface area contributed by atoms with E-state index in [1.54, 1.807) is 0 Å². The molecule has 0 saturated heterocycles. The largest absolute Gasteiger partial charge is 0.351 e. The average molecular weight is 291 g/mol. The highest BCUT2D eigenvalue weighted by Gasteiger charge is 2.25. The lowest BCUT2D eigenvalue weighted by Crippen LogP contribution is -2.46. The van der Waals surface area contributed by atoms with E-state index in [1.807, 2.05) is 0 Å². The third-order valence-electron chi connectivity index (χ3n) is 2.10. The first-order valence-electron chi connectivity index (χ1n) is 5.21. The minimum Gasteiger partial charge on any atom is -0.351 e. The van der Waals surface area contributed by atoms with Crippen molar-refractivity contribution in [2.45, 2.75) is 12.6 Å². The number of amides is 2. The van der Waals surface area contributed by atoms with Gasteiger partial charge in [0.2, 0.25) is 0 Å². The predicted octanol–water partition coefficient (Wildman–Crippen LogP) is -2.31. The van der Waals surface area contributed by atoms with Gasteiger partial charge >= 0.3 is 19.4 Å². The van der Waals surface area contributed by atoms with Crippen molar-refractivity contribution in [3.63, 3.8) is 0 Å². The third kappa shape index (κ3) is 5.60. The Morgan fingerprint density at radius 1 is 1.42 bits per heavy atom. The first-order chi connectivity index (χ1) is 8.81. The van der Waals surface area contributed by atoms with Crippen LogP contribution in [0.1, 0.15) is 0 Å². The van der Waals surface area contributed by atoms with Crippen molar-refractivity contribution in [2.24, 2.45) is 0 Å². The summed E-state index contributed by atoms with van der Waals surface area (Å²) in [7, 11) is -3.07. The number of hydrogen-bond acceptors (Lipinski definition) is 5. The van der Waals surface area contributed by atoms with Crippen LogP contribution in [0.5, 0.6) is 0 Å². The monoisotopic (exact) mass is 291 g/mol. The molecule has 19 heavy (non-hydrogen) atoms. The predicted molar refractivity (Wildman–Crippen MR) is 62.9 cm³/mol. The Kier molecular flexibility index (Phi) is 5.16. The van der Waals surface area contributed by atoms with Crippen LogP contribution in [0.3, 0.4) is 0 Å². The van der Waals surface area contributed by atoms with Crippen molar-refractivity contribution in [3.05, 3.63) is 12.7 Å². The van der Waals surface area contributed by atoms with Gasteiger partial charge in [0.15, 0.2) is 0 Å². The summed E-state index contributed by atoms with van der Waals surface area (Å²) in [5.41, 5.74) is 0. The minimum atomic E-state index is -4.34. The molecule has 0 saturated carbocycles. The Morgan fingerprint density at radius 2 is 2.11 bits per heavy atom. The van der Waals surface area contributed by atoms with Gasteiger partial charge in [0.1, 0.15) is 12.7 Å². The van der Waals surface area contributed by atoms with Crippen molar-refractivity contribution >= 4 is 19.4 Å². The van der Waals surface area contributed by atoms with Crippen molar-refractivity contribution in [3.8, 4) is 0 Å². The number of aromatic nitrogens is 3. The molecule has 0 radical (unpaired) electrons. The summed E-state index contributed by atoms with van der Waals surface area (Å²) in [5, 5.41) is 8.10. The van der Waals surface area contributed by atoms with Crippen LogP contribution in [0.2, 0.25) is 0 Å². The fourth-order valence-electron chi connectivity index (χ4n) is 1.35. The van der Waals surface area contributed by atoms with E-state index in [-0.39, 0.29) is 6.54 Å². The van der Waals surface area contributed by atoms with Crippen LogP contribution < -0.4 is 10.6 Å². The van der Waals surface area contributed by atoms with Crippen molar-refractivity contribution < 1.29 is 23.9 Å². The molecule has 1 aromatic rings. The highest BCUT2D eigenvalue weighted by atomic mass is 31.2. The number of rotatable bonds is 5. The molecule has 0 bridgehead atoms. The van der Waals surface area contributed by atoms with E-state index in [2.05, 4.69) is 20.7 Å². The molecule has 1 rings (SSSR count). The molecular formula is C8H14N5O5P. The number of nitrogens with zero attached hydrogens (tertiary/aromatic N) is 3.